The molecule has 170 valence electrons. The van der Waals surface area contributed by atoms with E-state index in [9.17, 15) is 9.90 Å². The van der Waals surface area contributed by atoms with Crippen molar-refractivity contribution in [3.05, 3.63) is 22.4 Å². The minimum Gasteiger partial charge on any atom is -0.444 e. The van der Waals surface area contributed by atoms with Crippen molar-refractivity contribution < 1.29 is 14.6 Å². The summed E-state index contributed by atoms with van der Waals surface area (Å²) >= 11 is 7.33. The van der Waals surface area contributed by atoms with Crippen molar-refractivity contribution in [2.45, 2.75) is 71.5 Å². The molecule has 9 nitrogen and oxygen atoms in total. The highest BCUT2D eigenvalue weighted by molar-refractivity contribution is 7.14. The minimum atomic E-state index is -0.990. The molecule has 0 aliphatic carbocycles. The van der Waals surface area contributed by atoms with E-state index in [1.807, 2.05) is 34.6 Å². The first-order chi connectivity index (χ1) is 14.5. The van der Waals surface area contributed by atoms with Gasteiger partial charge < -0.3 is 20.5 Å². The van der Waals surface area contributed by atoms with E-state index in [0.29, 0.717) is 28.1 Å². The van der Waals surface area contributed by atoms with Crippen molar-refractivity contribution in [2.24, 2.45) is 0 Å². The number of aliphatic hydroxyl groups is 1. The van der Waals surface area contributed by atoms with Crippen molar-refractivity contribution in [2.75, 3.05) is 11.9 Å². The molecule has 1 amide bonds. The SMILES string of the molecule is CC(C)Nc1cc(Cl)ncc1-c1nnc(C(O)N2CCC[C@H]2NC(=O)OC(C)(C)C)s1. The Balaban J connectivity index is 1.76. The summed E-state index contributed by atoms with van der Waals surface area (Å²) in [5, 5.41) is 27.0. The summed E-state index contributed by atoms with van der Waals surface area (Å²) in [6, 6.07) is 1.94. The average Bonchev–Trinajstić information content (AvgIpc) is 3.29. The molecule has 0 radical (unpaired) electrons. The normalized spacial score (nSPS) is 18.3. The molecule has 3 heterocycles. The molecule has 0 saturated carbocycles. The zero-order valence-electron chi connectivity index (χ0n) is 18.3. The van der Waals surface area contributed by atoms with E-state index in [1.54, 1.807) is 17.2 Å². The highest BCUT2D eigenvalue weighted by atomic mass is 35.5. The lowest BCUT2D eigenvalue weighted by molar-refractivity contribution is -0.0201. The predicted molar refractivity (Wildman–Crippen MR) is 121 cm³/mol. The molecule has 2 atom stereocenters. The van der Waals surface area contributed by atoms with Gasteiger partial charge in [-0.3, -0.25) is 4.90 Å². The molecule has 1 fully saturated rings. The number of ether oxygens (including phenoxy) is 1. The lowest BCUT2D eigenvalue weighted by Gasteiger charge is -2.29. The van der Waals surface area contributed by atoms with E-state index in [2.05, 4.69) is 25.8 Å². The number of anilines is 1. The second-order valence-electron chi connectivity index (χ2n) is 8.71. The Morgan fingerprint density at radius 2 is 2.13 bits per heavy atom. The maximum absolute atomic E-state index is 12.2. The van der Waals surface area contributed by atoms with Crippen LogP contribution in [-0.4, -0.2) is 55.6 Å². The number of aromatic nitrogens is 3. The van der Waals surface area contributed by atoms with Gasteiger partial charge in [0.1, 0.15) is 10.8 Å². The molecule has 2 aromatic heterocycles. The van der Waals surface area contributed by atoms with Gasteiger partial charge in [-0.25, -0.2) is 9.78 Å². The third-order valence-electron chi connectivity index (χ3n) is 4.50. The van der Waals surface area contributed by atoms with Crippen molar-refractivity contribution in [3.63, 3.8) is 0 Å². The second kappa shape index (κ2) is 9.64. The van der Waals surface area contributed by atoms with Gasteiger partial charge in [0, 0.05) is 24.5 Å². The summed E-state index contributed by atoms with van der Waals surface area (Å²) in [5.74, 6) is 0. The number of carbonyl (C=O) groups is 1. The van der Waals surface area contributed by atoms with E-state index in [4.69, 9.17) is 16.3 Å². The van der Waals surface area contributed by atoms with Gasteiger partial charge >= 0.3 is 6.09 Å². The van der Waals surface area contributed by atoms with Crippen molar-refractivity contribution >= 4 is 34.7 Å². The molecule has 1 saturated heterocycles. The third kappa shape index (κ3) is 6.25. The first kappa shape index (κ1) is 23.6. The summed E-state index contributed by atoms with van der Waals surface area (Å²) in [4.78, 5) is 18.1. The predicted octanol–water partition coefficient (Wildman–Crippen LogP) is 4.01. The topological polar surface area (TPSA) is 113 Å². The van der Waals surface area contributed by atoms with Gasteiger partial charge in [-0.15, -0.1) is 10.2 Å². The van der Waals surface area contributed by atoms with Crippen LogP contribution in [0.3, 0.4) is 0 Å². The Hall–Kier alpha value is -2.01. The standard InChI is InChI=1S/C20H29ClN6O3S/c1-11(2)23-13-9-14(21)22-10-12(13)16-25-26-17(31-16)18(28)27-8-6-7-15(27)24-19(29)30-20(3,4)5/h9-11,15,18,28H,6-8H2,1-5H3,(H,22,23)(H,24,29)/t15-,18?/m0/s1. The number of aliphatic hydroxyl groups excluding tert-OH is 1. The Labute approximate surface area is 191 Å². The van der Waals surface area contributed by atoms with E-state index in [1.165, 1.54) is 11.3 Å². The monoisotopic (exact) mass is 468 g/mol. The number of halogens is 1. The lowest BCUT2D eigenvalue weighted by Crippen LogP contribution is -2.47. The van der Waals surface area contributed by atoms with Crippen LogP contribution in [0.15, 0.2) is 12.3 Å². The number of pyridine rings is 1. The molecule has 1 aliphatic heterocycles. The van der Waals surface area contributed by atoms with Crippen LogP contribution in [0.4, 0.5) is 10.5 Å². The van der Waals surface area contributed by atoms with E-state index in [0.717, 1.165) is 17.7 Å². The molecule has 1 unspecified atom stereocenters. The van der Waals surface area contributed by atoms with E-state index in [-0.39, 0.29) is 12.2 Å². The minimum absolute atomic E-state index is 0.194. The van der Waals surface area contributed by atoms with Gasteiger partial charge in [0.05, 0.1) is 11.7 Å². The van der Waals surface area contributed by atoms with Crippen molar-refractivity contribution in [3.8, 4) is 10.6 Å². The van der Waals surface area contributed by atoms with Crippen molar-refractivity contribution in [1.29, 1.82) is 0 Å². The van der Waals surface area contributed by atoms with E-state index < -0.39 is 17.9 Å². The number of rotatable bonds is 6. The molecular formula is C20H29ClN6O3S. The summed E-state index contributed by atoms with van der Waals surface area (Å²) in [6.07, 6.45) is 1.36. The fraction of sp³-hybridized carbons (Fsp3) is 0.600. The van der Waals surface area contributed by atoms with Crippen LogP contribution in [0.1, 0.15) is 58.7 Å². The third-order valence-corrected chi connectivity index (χ3v) is 5.70. The molecule has 3 rings (SSSR count). The van der Waals surface area contributed by atoms with Crippen LogP contribution < -0.4 is 10.6 Å². The quantitative estimate of drug-likeness (QED) is 0.545. The molecule has 31 heavy (non-hydrogen) atoms. The summed E-state index contributed by atoms with van der Waals surface area (Å²) in [6.45, 7) is 10.1. The number of alkyl carbamates (subject to hydrolysis) is 1. The number of likely N-dealkylation sites (tertiary alicyclic amines) is 1. The average molecular weight is 469 g/mol. The molecule has 11 heteroatoms. The second-order valence-corrected chi connectivity index (χ2v) is 10.1. The van der Waals surface area contributed by atoms with Gasteiger partial charge in [0.15, 0.2) is 16.2 Å². The number of amides is 1. The smallest absolute Gasteiger partial charge is 0.408 e. The highest BCUT2D eigenvalue weighted by Gasteiger charge is 2.34. The first-order valence-electron chi connectivity index (χ1n) is 10.2. The van der Waals surface area contributed by atoms with Crippen LogP contribution in [0, 0.1) is 0 Å². The maximum Gasteiger partial charge on any atom is 0.408 e. The van der Waals surface area contributed by atoms with Crippen molar-refractivity contribution in [1.82, 2.24) is 25.4 Å². The maximum atomic E-state index is 12.2. The first-order valence-corrected chi connectivity index (χ1v) is 11.4. The van der Waals surface area contributed by atoms with Gasteiger partial charge in [-0.1, -0.05) is 22.9 Å². The lowest BCUT2D eigenvalue weighted by atomic mass is 10.2. The Kier molecular flexibility index (Phi) is 7.35. The van der Waals surface area contributed by atoms with Gasteiger partial charge in [0.2, 0.25) is 0 Å². The number of hydrogen-bond acceptors (Lipinski definition) is 9. The molecule has 0 spiro atoms. The summed E-state index contributed by atoms with van der Waals surface area (Å²) in [5.41, 5.74) is 0.978. The van der Waals surface area contributed by atoms with Crippen LogP contribution >= 0.6 is 22.9 Å². The van der Waals surface area contributed by atoms with Gasteiger partial charge in [0.25, 0.3) is 0 Å². The zero-order valence-corrected chi connectivity index (χ0v) is 19.9. The Morgan fingerprint density at radius 1 is 1.39 bits per heavy atom. The largest absolute Gasteiger partial charge is 0.444 e. The highest BCUT2D eigenvalue weighted by Crippen LogP contribution is 2.35. The molecule has 0 aromatic carbocycles. The molecule has 3 N–H and O–H groups in total. The molecule has 1 aliphatic rings. The molecule has 2 aromatic rings. The number of hydrogen-bond donors (Lipinski definition) is 3. The number of nitrogens with one attached hydrogen (secondary N) is 2. The van der Waals surface area contributed by atoms with Crippen LogP contribution in [0.2, 0.25) is 5.15 Å². The van der Waals surface area contributed by atoms with Gasteiger partial charge in [-0.05, 0) is 53.5 Å². The van der Waals surface area contributed by atoms with Crippen LogP contribution in [0.5, 0.6) is 0 Å². The molecular weight excluding hydrogens is 440 g/mol. The van der Waals surface area contributed by atoms with Crippen LogP contribution in [0.25, 0.3) is 10.6 Å². The Morgan fingerprint density at radius 3 is 2.81 bits per heavy atom. The molecule has 0 bridgehead atoms. The Bertz CT molecular complexity index is 917. The summed E-state index contributed by atoms with van der Waals surface area (Å²) in [7, 11) is 0. The number of nitrogens with zero attached hydrogens (tertiary/aromatic N) is 4. The fourth-order valence-electron chi connectivity index (χ4n) is 3.30. The number of carbonyl (C=O) groups excluding carboxylic acids is 1. The van der Waals surface area contributed by atoms with E-state index >= 15 is 0 Å². The van der Waals surface area contributed by atoms with Crippen LogP contribution in [-0.2, 0) is 4.74 Å². The summed E-state index contributed by atoms with van der Waals surface area (Å²) < 4.78 is 5.34. The fourth-order valence-corrected chi connectivity index (χ4v) is 4.33. The van der Waals surface area contributed by atoms with Gasteiger partial charge in [-0.2, -0.15) is 0 Å². The zero-order chi connectivity index (χ0) is 22.8.